The lowest BCUT2D eigenvalue weighted by molar-refractivity contribution is -0.120. The monoisotopic (exact) mass is 445 g/mol. The molecule has 2 rings (SSSR count). The van der Waals surface area contributed by atoms with Crippen LogP contribution in [0.25, 0.3) is 0 Å². The lowest BCUT2D eigenvalue weighted by Crippen LogP contribution is -2.36. The van der Waals surface area contributed by atoms with E-state index in [2.05, 4.69) is 10.6 Å². The zero-order valence-corrected chi connectivity index (χ0v) is 19.5. The molecule has 168 valence electrons. The molecule has 0 bridgehead atoms. The van der Waals surface area contributed by atoms with E-state index in [9.17, 15) is 14.4 Å². The van der Waals surface area contributed by atoms with Crippen molar-refractivity contribution in [1.82, 2.24) is 10.2 Å². The van der Waals surface area contributed by atoms with Crippen LogP contribution in [0.4, 0.5) is 10.5 Å². The topological polar surface area (TPSA) is 87.7 Å². The second-order valence-electron chi connectivity index (χ2n) is 8.17. The fourth-order valence-electron chi connectivity index (χ4n) is 2.96. The number of ether oxygens (including phenoxy) is 1. The highest BCUT2D eigenvalue weighted by molar-refractivity contribution is 7.10. The molecule has 0 radical (unpaired) electrons. The van der Waals surface area contributed by atoms with E-state index in [1.54, 1.807) is 11.0 Å². The SMILES string of the molecule is CCN(Cc1ccccc1NC(=O)CC(NC(C)=O)c1cccs1)C(=O)OC(C)(C)C. The Morgan fingerprint density at radius 3 is 2.42 bits per heavy atom. The van der Waals surface area contributed by atoms with Gasteiger partial charge in [0.25, 0.3) is 0 Å². The molecule has 7 nitrogen and oxygen atoms in total. The summed E-state index contributed by atoms with van der Waals surface area (Å²) >= 11 is 1.49. The molecule has 31 heavy (non-hydrogen) atoms. The molecular weight excluding hydrogens is 414 g/mol. The maximum Gasteiger partial charge on any atom is 0.410 e. The van der Waals surface area contributed by atoms with E-state index in [1.807, 2.05) is 63.4 Å². The van der Waals surface area contributed by atoms with Crippen LogP contribution in [-0.4, -0.2) is 35.0 Å². The average molecular weight is 446 g/mol. The van der Waals surface area contributed by atoms with E-state index in [1.165, 1.54) is 18.3 Å². The molecule has 0 aliphatic rings. The van der Waals surface area contributed by atoms with Crippen LogP contribution in [0.2, 0.25) is 0 Å². The van der Waals surface area contributed by atoms with Gasteiger partial charge in [-0.1, -0.05) is 24.3 Å². The summed E-state index contributed by atoms with van der Waals surface area (Å²) in [5.74, 6) is -0.414. The van der Waals surface area contributed by atoms with E-state index in [-0.39, 0.29) is 18.2 Å². The molecule has 3 amide bonds. The minimum Gasteiger partial charge on any atom is -0.444 e. The number of nitrogens with zero attached hydrogens (tertiary/aromatic N) is 1. The Labute approximate surface area is 187 Å². The first-order chi connectivity index (χ1) is 14.6. The van der Waals surface area contributed by atoms with Gasteiger partial charge in [-0.25, -0.2) is 4.79 Å². The Morgan fingerprint density at radius 1 is 1.13 bits per heavy atom. The van der Waals surface area contributed by atoms with Crippen molar-refractivity contribution in [2.45, 2.75) is 59.2 Å². The van der Waals surface area contributed by atoms with Gasteiger partial charge in [-0.15, -0.1) is 11.3 Å². The number of hydrogen-bond donors (Lipinski definition) is 2. The molecule has 1 aromatic heterocycles. The van der Waals surface area contributed by atoms with E-state index in [0.29, 0.717) is 18.8 Å². The number of thiophene rings is 1. The summed E-state index contributed by atoms with van der Waals surface area (Å²) in [6, 6.07) is 10.7. The van der Waals surface area contributed by atoms with Crippen LogP contribution >= 0.6 is 11.3 Å². The molecule has 1 heterocycles. The minimum atomic E-state index is -0.585. The second-order valence-corrected chi connectivity index (χ2v) is 9.15. The van der Waals surface area contributed by atoms with Crippen LogP contribution in [-0.2, 0) is 20.9 Å². The van der Waals surface area contributed by atoms with Crippen LogP contribution in [0.15, 0.2) is 41.8 Å². The number of carbonyl (C=O) groups excluding carboxylic acids is 3. The number of anilines is 1. The van der Waals surface area contributed by atoms with Crippen LogP contribution in [0.1, 0.15) is 57.5 Å². The molecule has 0 saturated heterocycles. The Hall–Kier alpha value is -2.87. The zero-order chi connectivity index (χ0) is 23.0. The van der Waals surface area contributed by atoms with Gasteiger partial charge in [0.2, 0.25) is 11.8 Å². The predicted molar refractivity (Wildman–Crippen MR) is 123 cm³/mol. The van der Waals surface area contributed by atoms with Gasteiger partial charge in [-0.2, -0.15) is 0 Å². The van der Waals surface area contributed by atoms with Crippen LogP contribution in [0.3, 0.4) is 0 Å². The molecule has 1 aromatic carbocycles. The molecule has 2 aromatic rings. The number of amides is 3. The normalized spacial score (nSPS) is 12.0. The Balaban J connectivity index is 2.11. The van der Waals surface area contributed by atoms with Crippen molar-refractivity contribution in [2.24, 2.45) is 0 Å². The quantitative estimate of drug-likeness (QED) is 0.616. The molecular formula is C23H31N3O4S. The number of carbonyl (C=O) groups is 3. The minimum absolute atomic E-state index is 0.109. The van der Waals surface area contributed by atoms with Gasteiger partial charge in [-0.3, -0.25) is 9.59 Å². The van der Waals surface area contributed by atoms with Crippen molar-refractivity contribution < 1.29 is 19.1 Å². The molecule has 0 spiro atoms. The highest BCUT2D eigenvalue weighted by Crippen LogP contribution is 2.24. The largest absolute Gasteiger partial charge is 0.444 e. The third-order valence-corrected chi connectivity index (χ3v) is 5.33. The van der Waals surface area contributed by atoms with Crippen LogP contribution in [0.5, 0.6) is 0 Å². The maximum absolute atomic E-state index is 12.8. The first kappa shape index (κ1) is 24.4. The number of para-hydroxylation sites is 1. The number of benzene rings is 1. The van der Waals surface area contributed by atoms with E-state index in [0.717, 1.165) is 10.4 Å². The van der Waals surface area contributed by atoms with E-state index < -0.39 is 17.7 Å². The molecule has 2 N–H and O–H groups in total. The second kappa shape index (κ2) is 10.9. The van der Waals surface area contributed by atoms with Gasteiger partial charge in [-0.05, 0) is 50.8 Å². The van der Waals surface area contributed by atoms with Gasteiger partial charge in [0.15, 0.2) is 0 Å². The maximum atomic E-state index is 12.8. The summed E-state index contributed by atoms with van der Waals surface area (Å²) < 4.78 is 5.48. The Bertz CT molecular complexity index is 890. The molecule has 1 unspecified atom stereocenters. The fourth-order valence-corrected chi connectivity index (χ4v) is 3.74. The number of hydrogen-bond acceptors (Lipinski definition) is 5. The molecule has 0 fully saturated rings. The molecule has 0 aliphatic carbocycles. The third kappa shape index (κ3) is 8.05. The van der Waals surface area contributed by atoms with Crippen LogP contribution < -0.4 is 10.6 Å². The fraction of sp³-hybridized carbons (Fsp3) is 0.435. The molecule has 0 saturated carbocycles. The van der Waals surface area contributed by atoms with Crippen molar-refractivity contribution in [1.29, 1.82) is 0 Å². The van der Waals surface area contributed by atoms with Crippen LogP contribution in [0, 0.1) is 0 Å². The zero-order valence-electron chi connectivity index (χ0n) is 18.7. The van der Waals surface area contributed by atoms with Crippen molar-refractivity contribution in [3.63, 3.8) is 0 Å². The summed E-state index contributed by atoms with van der Waals surface area (Å²) in [7, 11) is 0. The lowest BCUT2D eigenvalue weighted by atomic mass is 10.1. The Morgan fingerprint density at radius 2 is 1.84 bits per heavy atom. The summed E-state index contributed by atoms with van der Waals surface area (Å²) in [6.07, 6.45) is -0.294. The highest BCUT2D eigenvalue weighted by atomic mass is 32.1. The number of nitrogens with one attached hydrogen (secondary N) is 2. The van der Waals surface area contributed by atoms with Crippen molar-refractivity contribution in [3.05, 3.63) is 52.2 Å². The van der Waals surface area contributed by atoms with Gasteiger partial charge in [0.1, 0.15) is 5.60 Å². The summed E-state index contributed by atoms with van der Waals surface area (Å²) in [5, 5.41) is 7.67. The van der Waals surface area contributed by atoms with Crippen molar-refractivity contribution >= 4 is 34.9 Å². The van der Waals surface area contributed by atoms with E-state index in [4.69, 9.17) is 4.74 Å². The molecule has 8 heteroatoms. The lowest BCUT2D eigenvalue weighted by Gasteiger charge is -2.27. The first-order valence-electron chi connectivity index (χ1n) is 10.2. The summed E-state index contributed by atoms with van der Waals surface area (Å²) in [6.45, 7) is 9.57. The smallest absolute Gasteiger partial charge is 0.410 e. The summed E-state index contributed by atoms with van der Waals surface area (Å²) in [4.78, 5) is 39.3. The third-order valence-electron chi connectivity index (χ3n) is 4.34. The average Bonchev–Trinajstić information content (AvgIpc) is 3.19. The van der Waals surface area contributed by atoms with Crippen molar-refractivity contribution in [3.8, 4) is 0 Å². The molecule has 0 aliphatic heterocycles. The van der Waals surface area contributed by atoms with Gasteiger partial charge in [0, 0.05) is 24.0 Å². The standard InChI is InChI=1S/C23H31N3O4S/c1-6-26(22(29)30-23(3,4)5)15-17-10-7-8-11-18(17)25-21(28)14-19(24-16(2)27)20-12-9-13-31-20/h7-13,19H,6,14-15H2,1-5H3,(H,24,27)(H,25,28). The highest BCUT2D eigenvalue weighted by Gasteiger charge is 2.23. The Kier molecular flexibility index (Phi) is 8.62. The first-order valence-corrected chi connectivity index (χ1v) is 11.1. The van der Waals surface area contributed by atoms with Gasteiger partial charge < -0.3 is 20.3 Å². The van der Waals surface area contributed by atoms with Gasteiger partial charge in [0.05, 0.1) is 19.0 Å². The van der Waals surface area contributed by atoms with E-state index >= 15 is 0 Å². The summed E-state index contributed by atoms with van der Waals surface area (Å²) in [5.41, 5.74) is 0.844. The number of rotatable bonds is 8. The van der Waals surface area contributed by atoms with Gasteiger partial charge >= 0.3 is 6.09 Å². The predicted octanol–water partition coefficient (Wildman–Crippen LogP) is 4.71. The molecule has 1 atom stereocenters. The van der Waals surface area contributed by atoms with Crippen molar-refractivity contribution in [2.75, 3.05) is 11.9 Å².